The molecule has 0 bridgehead atoms. The van der Waals surface area contributed by atoms with Crippen molar-refractivity contribution < 1.29 is 0 Å². The largest absolute Gasteiger partial charge is 0.329 e. The maximum absolute atomic E-state index is 5.78. The van der Waals surface area contributed by atoms with Crippen LogP contribution in [-0.4, -0.2) is 42.1 Å². The number of nitrogens with two attached hydrogens (primary N) is 1. The van der Waals surface area contributed by atoms with Crippen LogP contribution in [0.5, 0.6) is 0 Å². The van der Waals surface area contributed by atoms with Crippen LogP contribution in [-0.2, 0) is 0 Å². The first-order valence-corrected chi connectivity index (χ1v) is 6.51. The summed E-state index contributed by atoms with van der Waals surface area (Å²) in [5, 5.41) is 0. The van der Waals surface area contributed by atoms with Crippen molar-refractivity contribution in [2.45, 2.75) is 39.3 Å². The summed E-state index contributed by atoms with van der Waals surface area (Å²) in [6, 6.07) is 1.18. The van der Waals surface area contributed by atoms with Crippen LogP contribution in [0.4, 0.5) is 0 Å². The molecular formula is C10H24N2S. The molecule has 0 fully saturated rings. The standard InChI is InChI=1S/C10H24N2S/c1-5-12(9(2)3)10(8-11)6-7-13-4/h9-10H,5-8,11H2,1-4H3. The SMILES string of the molecule is CCN(C(C)C)C(CN)CCSC. The van der Waals surface area contributed by atoms with Crippen molar-refractivity contribution in [3.8, 4) is 0 Å². The van der Waals surface area contributed by atoms with E-state index in [9.17, 15) is 0 Å². The molecule has 0 aromatic rings. The fraction of sp³-hybridized carbons (Fsp3) is 1.00. The quantitative estimate of drug-likeness (QED) is 0.685. The van der Waals surface area contributed by atoms with Gasteiger partial charge in [0.25, 0.3) is 0 Å². The Morgan fingerprint density at radius 2 is 2.00 bits per heavy atom. The molecule has 0 aliphatic rings. The lowest BCUT2D eigenvalue weighted by Gasteiger charge is -2.33. The van der Waals surface area contributed by atoms with Gasteiger partial charge in [-0.1, -0.05) is 6.92 Å². The molecule has 80 valence electrons. The van der Waals surface area contributed by atoms with Gasteiger partial charge in [0, 0.05) is 18.6 Å². The molecular weight excluding hydrogens is 180 g/mol. The van der Waals surface area contributed by atoms with Crippen molar-refractivity contribution in [3.05, 3.63) is 0 Å². The first-order chi connectivity index (χ1) is 6.17. The van der Waals surface area contributed by atoms with Gasteiger partial charge in [0.2, 0.25) is 0 Å². The Balaban J connectivity index is 4.00. The van der Waals surface area contributed by atoms with Crippen LogP contribution in [0, 0.1) is 0 Å². The van der Waals surface area contributed by atoms with Gasteiger partial charge in [-0.05, 0) is 38.8 Å². The van der Waals surface area contributed by atoms with Crippen molar-refractivity contribution in [2.75, 3.05) is 25.1 Å². The predicted molar refractivity (Wildman–Crippen MR) is 63.4 cm³/mol. The zero-order valence-corrected chi connectivity index (χ0v) is 10.2. The molecule has 0 saturated heterocycles. The monoisotopic (exact) mass is 204 g/mol. The van der Waals surface area contributed by atoms with Crippen LogP contribution in [0.3, 0.4) is 0 Å². The van der Waals surface area contributed by atoms with Gasteiger partial charge in [0.1, 0.15) is 0 Å². The third-order valence-electron chi connectivity index (χ3n) is 2.42. The van der Waals surface area contributed by atoms with Crippen LogP contribution >= 0.6 is 11.8 Å². The molecule has 0 saturated carbocycles. The topological polar surface area (TPSA) is 29.3 Å². The third kappa shape index (κ3) is 4.89. The van der Waals surface area contributed by atoms with E-state index < -0.39 is 0 Å². The van der Waals surface area contributed by atoms with Gasteiger partial charge in [-0.15, -0.1) is 0 Å². The summed E-state index contributed by atoms with van der Waals surface area (Å²) in [6.45, 7) is 8.58. The molecule has 3 heteroatoms. The van der Waals surface area contributed by atoms with Gasteiger partial charge in [-0.25, -0.2) is 0 Å². The molecule has 0 aliphatic heterocycles. The van der Waals surface area contributed by atoms with Crippen molar-refractivity contribution in [1.82, 2.24) is 4.90 Å². The van der Waals surface area contributed by atoms with Crippen molar-refractivity contribution in [3.63, 3.8) is 0 Å². The molecule has 2 nitrogen and oxygen atoms in total. The number of rotatable bonds is 7. The van der Waals surface area contributed by atoms with E-state index in [4.69, 9.17) is 5.73 Å². The van der Waals surface area contributed by atoms with E-state index >= 15 is 0 Å². The van der Waals surface area contributed by atoms with Gasteiger partial charge >= 0.3 is 0 Å². The molecule has 0 aliphatic carbocycles. The maximum Gasteiger partial charge on any atom is 0.0228 e. The molecule has 0 aromatic carbocycles. The zero-order valence-electron chi connectivity index (χ0n) is 9.42. The Bertz CT molecular complexity index is 117. The summed E-state index contributed by atoms with van der Waals surface area (Å²) >= 11 is 1.90. The Hall–Kier alpha value is 0.270. The second-order valence-corrected chi connectivity index (χ2v) is 4.58. The van der Waals surface area contributed by atoms with Gasteiger partial charge in [0.15, 0.2) is 0 Å². The summed E-state index contributed by atoms with van der Waals surface area (Å²) in [5.74, 6) is 1.21. The lowest BCUT2D eigenvalue weighted by molar-refractivity contribution is 0.162. The molecule has 0 aromatic heterocycles. The van der Waals surface area contributed by atoms with Gasteiger partial charge < -0.3 is 5.73 Å². The Labute approximate surface area is 87.2 Å². The highest BCUT2D eigenvalue weighted by atomic mass is 32.2. The summed E-state index contributed by atoms with van der Waals surface area (Å²) in [6.07, 6.45) is 3.36. The Kier molecular flexibility index (Phi) is 7.81. The molecule has 0 amide bonds. The summed E-state index contributed by atoms with van der Waals surface area (Å²) in [5.41, 5.74) is 5.78. The van der Waals surface area contributed by atoms with E-state index in [0.717, 1.165) is 13.1 Å². The number of nitrogens with zero attached hydrogens (tertiary/aromatic N) is 1. The highest BCUT2D eigenvalue weighted by Gasteiger charge is 2.17. The van der Waals surface area contributed by atoms with E-state index in [-0.39, 0.29) is 0 Å². The number of likely N-dealkylation sites (N-methyl/N-ethyl adjacent to an activating group) is 1. The average Bonchev–Trinajstić information content (AvgIpc) is 2.11. The van der Waals surface area contributed by atoms with E-state index in [1.807, 2.05) is 11.8 Å². The van der Waals surface area contributed by atoms with Crippen molar-refractivity contribution >= 4 is 11.8 Å². The second kappa shape index (κ2) is 7.65. The van der Waals surface area contributed by atoms with E-state index in [1.54, 1.807) is 0 Å². The minimum atomic E-state index is 0.567. The van der Waals surface area contributed by atoms with Crippen LogP contribution < -0.4 is 5.73 Å². The number of hydrogen-bond donors (Lipinski definition) is 1. The summed E-state index contributed by atoms with van der Waals surface area (Å²) < 4.78 is 0. The first kappa shape index (κ1) is 13.3. The van der Waals surface area contributed by atoms with Crippen LogP contribution in [0.25, 0.3) is 0 Å². The minimum Gasteiger partial charge on any atom is -0.329 e. The Morgan fingerprint density at radius 3 is 2.31 bits per heavy atom. The summed E-state index contributed by atoms with van der Waals surface area (Å²) in [7, 11) is 0. The fourth-order valence-electron chi connectivity index (χ4n) is 1.72. The molecule has 0 heterocycles. The first-order valence-electron chi connectivity index (χ1n) is 5.12. The number of thioether (sulfide) groups is 1. The van der Waals surface area contributed by atoms with E-state index in [1.165, 1.54) is 12.2 Å². The highest BCUT2D eigenvalue weighted by Crippen LogP contribution is 2.10. The lowest BCUT2D eigenvalue weighted by Crippen LogP contribution is -2.44. The normalized spacial score (nSPS) is 14.1. The van der Waals surface area contributed by atoms with E-state index in [2.05, 4.69) is 31.9 Å². The number of hydrogen-bond acceptors (Lipinski definition) is 3. The smallest absolute Gasteiger partial charge is 0.0228 e. The highest BCUT2D eigenvalue weighted by molar-refractivity contribution is 7.98. The molecule has 0 spiro atoms. The average molecular weight is 204 g/mol. The second-order valence-electron chi connectivity index (χ2n) is 3.60. The van der Waals surface area contributed by atoms with Gasteiger partial charge in [0.05, 0.1) is 0 Å². The van der Waals surface area contributed by atoms with Crippen LogP contribution in [0.15, 0.2) is 0 Å². The molecule has 0 radical (unpaired) electrons. The van der Waals surface area contributed by atoms with Crippen molar-refractivity contribution in [2.24, 2.45) is 5.73 Å². The predicted octanol–water partition coefficient (Wildman–Crippen LogP) is 1.80. The lowest BCUT2D eigenvalue weighted by atomic mass is 10.1. The fourth-order valence-corrected chi connectivity index (χ4v) is 2.23. The summed E-state index contributed by atoms with van der Waals surface area (Å²) in [4.78, 5) is 2.48. The van der Waals surface area contributed by atoms with Crippen LogP contribution in [0.1, 0.15) is 27.2 Å². The molecule has 2 N–H and O–H groups in total. The zero-order chi connectivity index (χ0) is 10.3. The van der Waals surface area contributed by atoms with Crippen LogP contribution in [0.2, 0.25) is 0 Å². The molecule has 1 atom stereocenters. The molecule has 1 unspecified atom stereocenters. The molecule has 0 rings (SSSR count). The third-order valence-corrected chi connectivity index (χ3v) is 3.07. The minimum absolute atomic E-state index is 0.567. The van der Waals surface area contributed by atoms with Gasteiger partial charge in [-0.3, -0.25) is 4.90 Å². The maximum atomic E-state index is 5.78. The Morgan fingerprint density at radius 1 is 1.38 bits per heavy atom. The van der Waals surface area contributed by atoms with Gasteiger partial charge in [-0.2, -0.15) is 11.8 Å². The van der Waals surface area contributed by atoms with E-state index in [0.29, 0.717) is 12.1 Å². The molecule has 13 heavy (non-hydrogen) atoms. The van der Waals surface area contributed by atoms with Crippen molar-refractivity contribution in [1.29, 1.82) is 0 Å².